The summed E-state index contributed by atoms with van der Waals surface area (Å²) in [5, 5.41) is 19.8. The molecule has 0 radical (unpaired) electrons. The number of rotatable bonds is 4. The summed E-state index contributed by atoms with van der Waals surface area (Å²) in [5.74, 6) is -0.307. The predicted molar refractivity (Wildman–Crippen MR) is 86.0 cm³/mol. The van der Waals surface area contributed by atoms with E-state index in [1.165, 1.54) is 0 Å². The van der Waals surface area contributed by atoms with Crippen molar-refractivity contribution in [3.8, 4) is 6.07 Å². The highest BCUT2D eigenvalue weighted by Crippen LogP contribution is 2.30. The van der Waals surface area contributed by atoms with Crippen LogP contribution >= 0.6 is 0 Å². The van der Waals surface area contributed by atoms with E-state index in [1.807, 2.05) is 25.1 Å². The van der Waals surface area contributed by atoms with Gasteiger partial charge < -0.3 is 10.6 Å². The number of hydrogen-bond acceptors (Lipinski definition) is 5. The van der Waals surface area contributed by atoms with Crippen molar-refractivity contribution in [3.63, 3.8) is 0 Å². The molecule has 0 spiro atoms. The maximum atomic E-state index is 12.0. The maximum Gasteiger partial charge on any atom is 0.226 e. The quantitative estimate of drug-likeness (QED) is 0.444. The van der Waals surface area contributed by atoms with Crippen molar-refractivity contribution in [3.05, 3.63) is 23.8 Å². The Balaban J connectivity index is 2.28. The molecule has 0 saturated carbocycles. The molecular formula is C15H18N6O. The minimum absolute atomic E-state index is 0.0862. The van der Waals surface area contributed by atoms with E-state index in [9.17, 15) is 4.79 Å². The van der Waals surface area contributed by atoms with Gasteiger partial charge >= 0.3 is 0 Å². The number of nitrogens with two attached hydrogens (primary N) is 1. The van der Waals surface area contributed by atoms with Crippen LogP contribution < -0.4 is 16.1 Å². The lowest BCUT2D eigenvalue weighted by atomic mass is 10.0. The number of nitrogens with one attached hydrogen (secondary N) is 2. The van der Waals surface area contributed by atoms with E-state index in [-0.39, 0.29) is 11.6 Å². The molecule has 1 aromatic carbocycles. The molecule has 7 nitrogen and oxygen atoms in total. The fourth-order valence-electron chi connectivity index (χ4n) is 2.36. The lowest BCUT2D eigenvalue weighted by molar-refractivity contribution is -0.118. The van der Waals surface area contributed by atoms with Gasteiger partial charge in [-0.2, -0.15) is 10.4 Å². The first-order chi connectivity index (χ1) is 10.6. The van der Waals surface area contributed by atoms with Crippen molar-refractivity contribution in [1.29, 1.82) is 10.7 Å². The minimum Gasteiger partial charge on any atom is -0.382 e. The lowest BCUT2D eigenvalue weighted by Crippen LogP contribution is -2.34. The maximum absolute atomic E-state index is 12.0. The van der Waals surface area contributed by atoms with Crippen LogP contribution in [0.1, 0.15) is 25.3 Å². The third-order valence-electron chi connectivity index (χ3n) is 3.47. The van der Waals surface area contributed by atoms with Gasteiger partial charge in [0.2, 0.25) is 11.6 Å². The van der Waals surface area contributed by atoms with E-state index >= 15 is 0 Å². The lowest BCUT2D eigenvalue weighted by Gasteiger charge is -2.29. The van der Waals surface area contributed by atoms with Crippen molar-refractivity contribution in [2.24, 2.45) is 10.8 Å². The number of carbonyl (C=O) groups is 1. The Kier molecular flexibility index (Phi) is 4.73. The summed E-state index contributed by atoms with van der Waals surface area (Å²) in [6, 6.07) is 7.35. The van der Waals surface area contributed by atoms with Crippen LogP contribution in [0.15, 0.2) is 23.3 Å². The van der Waals surface area contributed by atoms with Crippen molar-refractivity contribution in [1.82, 2.24) is 0 Å². The predicted octanol–water partition coefficient (Wildman–Crippen LogP) is 1.60. The average Bonchev–Trinajstić information content (AvgIpc) is 2.53. The molecular weight excluding hydrogens is 280 g/mol. The first-order valence-electron chi connectivity index (χ1n) is 7.08. The third kappa shape index (κ3) is 3.23. The standard InChI is InChI=1S/C15H18N6O/c1-2-14(22)21-7-3-4-10-5-6-11(8-13(10)21)19-20-12(9-16)15(17)18/h5-6,8,19H,2-4,7H2,1H3,(H3,17,18)/b20-12+. The van der Waals surface area contributed by atoms with Gasteiger partial charge in [0, 0.05) is 18.7 Å². The second-order valence-electron chi connectivity index (χ2n) is 4.94. The topological polar surface area (TPSA) is 118 Å². The minimum atomic E-state index is -0.393. The van der Waals surface area contributed by atoms with Gasteiger partial charge in [-0.25, -0.2) is 0 Å². The van der Waals surface area contributed by atoms with E-state index in [1.54, 1.807) is 11.0 Å². The molecule has 22 heavy (non-hydrogen) atoms. The Hall–Kier alpha value is -2.88. The molecule has 0 bridgehead atoms. The summed E-state index contributed by atoms with van der Waals surface area (Å²) >= 11 is 0. The van der Waals surface area contributed by atoms with Gasteiger partial charge in [-0.3, -0.25) is 15.6 Å². The third-order valence-corrected chi connectivity index (χ3v) is 3.47. The van der Waals surface area contributed by atoms with Gasteiger partial charge in [-0.1, -0.05) is 13.0 Å². The van der Waals surface area contributed by atoms with Gasteiger partial charge in [-0.05, 0) is 30.5 Å². The van der Waals surface area contributed by atoms with Crippen LogP contribution in [0.4, 0.5) is 11.4 Å². The highest BCUT2D eigenvalue weighted by Gasteiger charge is 2.21. The number of nitriles is 1. The molecule has 0 aliphatic carbocycles. The highest BCUT2D eigenvalue weighted by atomic mass is 16.2. The number of benzene rings is 1. The van der Waals surface area contributed by atoms with Gasteiger partial charge in [0.25, 0.3) is 0 Å². The monoisotopic (exact) mass is 298 g/mol. The van der Waals surface area contributed by atoms with Crippen LogP contribution in [0, 0.1) is 16.7 Å². The first-order valence-corrected chi connectivity index (χ1v) is 7.08. The number of aryl methyl sites for hydroxylation is 1. The van der Waals surface area contributed by atoms with Gasteiger partial charge in [-0.15, -0.1) is 0 Å². The zero-order chi connectivity index (χ0) is 16.1. The molecule has 1 amide bonds. The number of anilines is 2. The van der Waals surface area contributed by atoms with Crippen molar-refractivity contribution < 1.29 is 4.79 Å². The second-order valence-corrected chi connectivity index (χ2v) is 4.94. The van der Waals surface area contributed by atoms with Gasteiger partial charge in [0.05, 0.1) is 5.69 Å². The van der Waals surface area contributed by atoms with Crippen LogP contribution in [0.2, 0.25) is 0 Å². The van der Waals surface area contributed by atoms with E-state index in [0.29, 0.717) is 18.7 Å². The molecule has 0 saturated heterocycles. The SMILES string of the molecule is CCC(=O)N1CCCc2ccc(N/N=C(\C#N)C(=N)N)cc21. The Morgan fingerprint density at radius 1 is 1.59 bits per heavy atom. The number of nitrogens with zero attached hydrogens (tertiary/aromatic N) is 3. The molecule has 114 valence electrons. The van der Waals surface area contributed by atoms with E-state index in [4.69, 9.17) is 16.4 Å². The number of carbonyl (C=O) groups excluding carboxylic acids is 1. The molecule has 4 N–H and O–H groups in total. The van der Waals surface area contributed by atoms with Gasteiger partial charge in [0.15, 0.2) is 5.84 Å². The van der Waals surface area contributed by atoms with Crippen molar-refractivity contribution >= 4 is 28.8 Å². The Morgan fingerprint density at radius 2 is 2.36 bits per heavy atom. The molecule has 1 aliphatic rings. The summed E-state index contributed by atoms with van der Waals surface area (Å²) in [5.41, 5.74) is 10.4. The largest absolute Gasteiger partial charge is 0.382 e. The number of fused-ring (bicyclic) bond motifs is 1. The van der Waals surface area contributed by atoms with E-state index in [2.05, 4.69) is 10.5 Å². The zero-order valence-electron chi connectivity index (χ0n) is 12.4. The second kappa shape index (κ2) is 6.72. The van der Waals surface area contributed by atoms with E-state index in [0.717, 1.165) is 24.1 Å². The molecule has 0 aromatic heterocycles. The number of amides is 1. The van der Waals surface area contributed by atoms with Crippen LogP contribution in [-0.2, 0) is 11.2 Å². The molecule has 2 rings (SSSR count). The summed E-state index contributed by atoms with van der Waals surface area (Å²) in [6.45, 7) is 2.55. The Bertz CT molecular complexity index is 673. The number of hydrazone groups is 1. The summed E-state index contributed by atoms with van der Waals surface area (Å²) in [7, 11) is 0. The highest BCUT2D eigenvalue weighted by molar-refractivity contribution is 6.45. The molecule has 7 heteroatoms. The smallest absolute Gasteiger partial charge is 0.226 e. The number of hydrogen-bond donors (Lipinski definition) is 3. The molecule has 0 fully saturated rings. The summed E-state index contributed by atoms with van der Waals surface area (Å²) in [6.07, 6.45) is 2.34. The Morgan fingerprint density at radius 3 is 3.00 bits per heavy atom. The molecule has 1 aromatic rings. The molecule has 1 heterocycles. The van der Waals surface area contributed by atoms with Crippen LogP contribution in [0.25, 0.3) is 0 Å². The number of amidine groups is 1. The van der Waals surface area contributed by atoms with Crippen LogP contribution in [0.3, 0.4) is 0 Å². The van der Waals surface area contributed by atoms with E-state index < -0.39 is 5.84 Å². The summed E-state index contributed by atoms with van der Waals surface area (Å²) < 4.78 is 0. The van der Waals surface area contributed by atoms with Crippen molar-refractivity contribution in [2.75, 3.05) is 16.9 Å². The van der Waals surface area contributed by atoms with Crippen molar-refractivity contribution in [2.45, 2.75) is 26.2 Å². The fraction of sp³-hybridized carbons (Fsp3) is 0.333. The van der Waals surface area contributed by atoms with Gasteiger partial charge in [0.1, 0.15) is 6.07 Å². The van der Waals surface area contributed by atoms with Crippen LogP contribution in [-0.4, -0.2) is 24.0 Å². The van der Waals surface area contributed by atoms with Crippen LogP contribution in [0.5, 0.6) is 0 Å². The fourth-order valence-corrected chi connectivity index (χ4v) is 2.36. The summed E-state index contributed by atoms with van der Waals surface area (Å²) in [4.78, 5) is 13.8. The molecule has 0 unspecified atom stereocenters. The zero-order valence-corrected chi connectivity index (χ0v) is 12.4. The molecule has 0 atom stereocenters. The normalized spacial score (nSPS) is 14.0. The molecule has 1 aliphatic heterocycles. The average molecular weight is 298 g/mol. The Labute approximate surface area is 128 Å². The first kappa shape index (κ1) is 15.5.